The Bertz CT molecular complexity index is 919. The van der Waals surface area contributed by atoms with Gasteiger partial charge in [0.25, 0.3) is 0 Å². The summed E-state index contributed by atoms with van der Waals surface area (Å²) in [4.78, 5) is 14.6. The molecule has 152 valence electrons. The molecule has 0 spiro atoms. The molecule has 0 N–H and O–H groups in total. The minimum Gasteiger partial charge on any atom is -0.495 e. The zero-order valence-electron chi connectivity index (χ0n) is 16.4. The molecule has 8 heteroatoms. The van der Waals surface area contributed by atoms with E-state index in [0.29, 0.717) is 24.4 Å². The number of hydrogen-bond acceptors (Lipinski definition) is 4. The number of likely N-dealkylation sites (N-methyl/N-ethyl adjacent to an activating group) is 1. The molecule has 6 nitrogen and oxygen atoms in total. The Morgan fingerprint density at radius 3 is 2.32 bits per heavy atom. The van der Waals surface area contributed by atoms with E-state index in [0.717, 1.165) is 16.1 Å². The average molecular weight is 425 g/mol. The molecule has 28 heavy (non-hydrogen) atoms. The van der Waals surface area contributed by atoms with Crippen LogP contribution in [0.2, 0.25) is 5.02 Å². The lowest BCUT2D eigenvalue weighted by molar-refractivity contribution is -0.131. The van der Waals surface area contributed by atoms with Gasteiger partial charge in [-0.15, -0.1) is 0 Å². The van der Waals surface area contributed by atoms with Gasteiger partial charge in [-0.3, -0.25) is 9.10 Å². The predicted octanol–water partition coefficient (Wildman–Crippen LogP) is 3.55. The Morgan fingerprint density at radius 2 is 1.82 bits per heavy atom. The molecule has 0 saturated carbocycles. The Kier molecular flexibility index (Phi) is 7.32. The van der Waals surface area contributed by atoms with E-state index in [1.807, 2.05) is 30.3 Å². The first-order valence-corrected chi connectivity index (χ1v) is 11.0. The average Bonchev–Trinajstić information content (AvgIpc) is 2.65. The Morgan fingerprint density at radius 1 is 1.18 bits per heavy atom. The lowest BCUT2D eigenvalue weighted by Gasteiger charge is -2.33. The maximum Gasteiger partial charge on any atom is 0.246 e. The molecule has 0 heterocycles. The van der Waals surface area contributed by atoms with E-state index in [1.165, 1.54) is 18.1 Å². The molecule has 0 unspecified atom stereocenters. The van der Waals surface area contributed by atoms with Crippen molar-refractivity contribution in [3.63, 3.8) is 0 Å². The van der Waals surface area contributed by atoms with Gasteiger partial charge in [0.15, 0.2) is 0 Å². The van der Waals surface area contributed by atoms with E-state index in [1.54, 1.807) is 26.1 Å². The highest BCUT2D eigenvalue weighted by Gasteiger charge is 2.33. The Hall–Kier alpha value is -2.25. The van der Waals surface area contributed by atoms with E-state index in [4.69, 9.17) is 16.3 Å². The van der Waals surface area contributed by atoms with Crippen molar-refractivity contribution in [2.75, 3.05) is 24.7 Å². The number of nitrogens with zero attached hydrogens (tertiary/aromatic N) is 2. The first kappa shape index (κ1) is 22.0. The number of anilines is 1. The van der Waals surface area contributed by atoms with Gasteiger partial charge in [-0.05, 0) is 30.2 Å². The van der Waals surface area contributed by atoms with Crippen LogP contribution in [-0.2, 0) is 21.4 Å². The van der Waals surface area contributed by atoms with Gasteiger partial charge in [0, 0.05) is 13.6 Å². The minimum absolute atomic E-state index is 0.272. The summed E-state index contributed by atoms with van der Waals surface area (Å²) >= 11 is 6.18. The highest BCUT2D eigenvalue weighted by molar-refractivity contribution is 7.92. The van der Waals surface area contributed by atoms with Crippen molar-refractivity contribution in [3.8, 4) is 5.75 Å². The monoisotopic (exact) mass is 424 g/mol. The second-order valence-corrected chi connectivity index (χ2v) is 8.75. The van der Waals surface area contributed by atoms with Crippen LogP contribution in [0, 0.1) is 0 Å². The molecule has 2 aromatic rings. The van der Waals surface area contributed by atoms with E-state index in [-0.39, 0.29) is 10.9 Å². The van der Waals surface area contributed by atoms with Crippen molar-refractivity contribution in [1.82, 2.24) is 4.90 Å². The first-order chi connectivity index (χ1) is 13.2. The first-order valence-electron chi connectivity index (χ1n) is 8.80. The van der Waals surface area contributed by atoms with Crippen molar-refractivity contribution in [2.24, 2.45) is 0 Å². The van der Waals surface area contributed by atoms with Gasteiger partial charge in [-0.2, -0.15) is 0 Å². The number of rotatable bonds is 8. The van der Waals surface area contributed by atoms with Gasteiger partial charge < -0.3 is 9.64 Å². The molecule has 2 aromatic carbocycles. The third kappa shape index (κ3) is 5.17. The van der Waals surface area contributed by atoms with E-state index < -0.39 is 16.1 Å². The predicted molar refractivity (Wildman–Crippen MR) is 112 cm³/mol. The lowest BCUT2D eigenvalue weighted by atomic mass is 10.1. The number of sulfonamides is 1. The van der Waals surface area contributed by atoms with E-state index in [2.05, 4.69) is 0 Å². The fraction of sp³-hybridized carbons (Fsp3) is 0.350. The Labute approximate surface area is 171 Å². The molecule has 0 bridgehead atoms. The number of methoxy groups -OCH3 is 1. The summed E-state index contributed by atoms with van der Waals surface area (Å²) in [5, 5.41) is 0.272. The summed E-state index contributed by atoms with van der Waals surface area (Å²) in [6.07, 6.45) is 1.40. The van der Waals surface area contributed by atoms with Crippen molar-refractivity contribution >= 4 is 33.2 Å². The molecule has 0 radical (unpaired) electrons. The van der Waals surface area contributed by atoms with E-state index >= 15 is 0 Å². The SMILES string of the molecule is CC[C@@H](C(=O)N(C)Cc1ccccc1)N(c1ccc(OC)c(Cl)c1)S(C)(=O)=O. The van der Waals surface area contributed by atoms with Crippen molar-refractivity contribution in [2.45, 2.75) is 25.9 Å². The van der Waals surface area contributed by atoms with Crippen LogP contribution < -0.4 is 9.04 Å². The van der Waals surface area contributed by atoms with Crippen LogP contribution in [0.1, 0.15) is 18.9 Å². The highest BCUT2D eigenvalue weighted by atomic mass is 35.5. The number of carbonyl (C=O) groups excluding carboxylic acids is 1. The normalized spacial score (nSPS) is 12.3. The summed E-state index contributed by atoms with van der Waals surface area (Å²) in [7, 11) is -0.586. The zero-order valence-corrected chi connectivity index (χ0v) is 18.0. The quantitative estimate of drug-likeness (QED) is 0.649. The van der Waals surface area contributed by atoms with Gasteiger partial charge in [-0.25, -0.2) is 8.42 Å². The molecule has 0 aliphatic heterocycles. The third-order valence-electron chi connectivity index (χ3n) is 4.34. The van der Waals surface area contributed by atoms with E-state index in [9.17, 15) is 13.2 Å². The second kappa shape index (κ2) is 9.30. The topological polar surface area (TPSA) is 66.9 Å². The molecule has 0 aromatic heterocycles. The molecule has 1 amide bonds. The molecule has 0 aliphatic carbocycles. The summed E-state index contributed by atoms with van der Waals surface area (Å²) in [6.45, 7) is 2.17. The van der Waals surface area contributed by atoms with Crippen LogP contribution in [0.4, 0.5) is 5.69 Å². The maximum absolute atomic E-state index is 13.1. The van der Waals surface area contributed by atoms with Gasteiger partial charge in [-0.1, -0.05) is 48.9 Å². The summed E-state index contributed by atoms with van der Waals surface area (Å²) < 4.78 is 31.4. The smallest absolute Gasteiger partial charge is 0.246 e. The standard InChI is InChI=1S/C20H25ClN2O4S/c1-5-18(20(24)22(2)14-15-9-7-6-8-10-15)23(28(4,25)26)16-11-12-19(27-3)17(21)13-16/h6-13,18H,5,14H2,1-4H3/t18-/m0/s1. The second-order valence-electron chi connectivity index (χ2n) is 6.48. The van der Waals surface area contributed by atoms with Crippen LogP contribution in [-0.4, -0.2) is 45.7 Å². The fourth-order valence-electron chi connectivity index (χ4n) is 3.03. The third-order valence-corrected chi connectivity index (χ3v) is 5.82. The van der Waals surface area contributed by atoms with Crippen LogP contribution in [0.5, 0.6) is 5.75 Å². The summed E-state index contributed by atoms with van der Waals surface area (Å²) in [6, 6.07) is 13.3. The van der Waals surface area contributed by atoms with Crippen LogP contribution >= 0.6 is 11.6 Å². The van der Waals surface area contributed by atoms with Crippen LogP contribution in [0.25, 0.3) is 0 Å². The fourth-order valence-corrected chi connectivity index (χ4v) is 4.48. The van der Waals surface area contributed by atoms with Gasteiger partial charge >= 0.3 is 0 Å². The zero-order chi connectivity index (χ0) is 20.9. The molecule has 0 saturated heterocycles. The Balaban J connectivity index is 2.37. The molecule has 1 atom stereocenters. The van der Waals surface area contributed by atoms with Crippen LogP contribution in [0.3, 0.4) is 0 Å². The number of carbonyl (C=O) groups is 1. The molecular formula is C20H25ClN2O4S. The lowest BCUT2D eigenvalue weighted by Crippen LogP contribution is -2.49. The molecule has 0 fully saturated rings. The van der Waals surface area contributed by atoms with Gasteiger partial charge in [0.1, 0.15) is 11.8 Å². The van der Waals surface area contributed by atoms with Gasteiger partial charge in [0.2, 0.25) is 15.9 Å². The highest BCUT2D eigenvalue weighted by Crippen LogP contribution is 2.32. The molecular weight excluding hydrogens is 400 g/mol. The molecule has 0 aliphatic rings. The molecule has 2 rings (SSSR count). The summed E-state index contributed by atoms with van der Waals surface area (Å²) in [5.74, 6) is 0.142. The van der Waals surface area contributed by atoms with Crippen molar-refractivity contribution in [3.05, 3.63) is 59.1 Å². The van der Waals surface area contributed by atoms with Gasteiger partial charge in [0.05, 0.1) is 24.1 Å². The van der Waals surface area contributed by atoms with Crippen molar-refractivity contribution < 1.29 is 17.9 Å². The minimum atomic E-state index is -3.73. The number of benzene rings is 2. The number of ether oxygens (including phenoxy) is 1. The van der Waals surface area contributed by atoms with Crippen molar-refractivity contribution in [1.29, 1.82) is 0 Å². The number of hydrogen-bond donors (Lipinski definition) is 0. The largest absolute Gasteiger partial charge is 0.495 e. The number of amides is 1. The number of halogens is 1. The maximum atomic E-state index is 13.1. The van der Waals surface area contributed by atoms with Crippen LogP contribution in [0.15, 0.2) is 48.5 Å². The summed E-state index contributed by atoms with van der Waals surface area (Å²) in [5.41, 5.74) is 1.29.